The van der Waals surface area contributed by atoms with Gasteiger partial charge in [-0.2, -0.15) is 0 Å². The summed E-state index contributed by atoms with van der Waals surface area (Å²) in [5, 5.41) is 10.1. The van der Waals surface area contributed by atoms with E-state index in [9.17, 15) is 4.79 Å². The van der Waals surface area contributed by atoms with Crippen molar-refractivity contribution >= 4 is 17.7 Å². The van der Waals surface area contributed by atoms with Crippen LogP contribution in [0.15, 0.2) is 52.2 Å². The van der Waals surface area contributed by atoms with Crippen molar-refractivity contribution in [3.8, 4) is 17.1 Å². The van der Waals surface area contributed by atoms with Gasteiger partial charge in [0.15, 0.2) is 5.82 Å². The highest BCUT2D eigenvalue weighted by Gasteiger charge is 2.17. The zero-order valence-corrected chi connectivity index (χ0v) is 14.7. The number of aromatic amines is 1. The number of ether oxygens (including phenoxy) is 1. The van der Waals surface area contributed by atoms with E-state index in [4.69, 9.17) is 9.15 Å². The number of furan rings is 1. The second-order valence-corrected chi connectivity index (χ2v) is 6.56. The number of nitrogens with one attached hydrogen (secondary N) is 2. The van der Waals surface area contributed by atoms with Crippen LogP contribution in [0.4, 0.5) is 0 Å². The van der Waals surface area contributed by atoms with Crippen LogP contribution in [0, 0.1) is 0 Å². The van der Waals surface area contributed by atoms with Gasteiger partial charge < -0.3 is 14.5 Å². The monoisotopic (exact) mass is 358 g/mol. The Labute approximate surface area is 149 Å². The van der Waals surface area contributed by atoms with Crippen LogP contribution >= 0.6 is 11.8 Å². The molecule has 0 bridgehead atoms. The van der Waals surface area contributed by atoms with Crippen molar-refractivity contribution in [3.63, 3.8) is 0 Å². The number of hydrogen-bond acceptors (Lipinski definition) is 6. The fourth-order valence-electron chi connectivity index (χ4n) is 2.12. The second kappa shape index (κ2) is 7.89. The molecule has 3 aromatic rings. The van der Waals surface area contributed by atoms with Crippen molar-refractivity contribution in [1.82, 2.24) is 20.5 Å². The van der Waals surface area contributed by atoms with E-state index in [1.807, 2.05) is 37.3 Å². The van der Waals surface area contributed by atoms with Gasteiger partial charge >= 0.3 is 0 Å². The summed E-state index contributed by atoms with van der Waals surface area (Å²) in [5.74, 6) is 2.04. The van der Waals surface area contributed by atoms with Gasteiger partial charge in [-0.3, -0.25) is 9.89 Å². The predicted molar refractivity (Wildman–Crippen MR) is 94.2 cm³/mol. The van der Waals surface area contributed by atoms with Gasteiger partial charge in [0.2, 0.25) is 11.1 Å². The molecule has 0 radical (unpaired) electrons. The molecule has 0 saturated carbocycles. The van der Waals surface area contributed by atoms with E-state index in [1.54, 1.807) is 19.4 Å². The largest absolute Gasteiger partial charge is 0.497 e. The maximum Gasteiger partial charge on any atom is 0.233 e. The number of amides is 1. The fourth-order valence-corrected chi connectivity index (χ4v) is 2.87. The molecule has 3 rings (SSSR count). The quantitative estimate of drug-likeness (QED) is 0.631. The summed E-state index contributed by atoms with van der Waals surface area (Å²) in [4.78, 5) is 16.6. The molecule has 25 heavy (non-hydrogen) atoms. The number of nitrogens with zero attached hydrogens (tertiary/aromatic N) is 2. The first-order valence-electron chi connectivity index (χ1n) is 7.69. The van der Waals surface area contributed by atoms with E-state index < -0.39 is 0 Å². The van der Waals surface area contributed by atoms with Crippen LogP contribution in [0.5, 0.6) is 5.75 Å². The Bertz CT molecular complexity index is 815. The summed E-state index contributed by atoms with van der Waals surface area (Å²) in [7, 11) is 1.62. The van der Waals surface area contributed by atoms with Crippen molar-refractivity contribution in [3.05, 3.63) is 48.4 Å². The summed E-state index contributed by atoms with van der Waals surface area (Å²) in [6, 6.07) is 11.1. The second-order valence-electron chi connectivity index (χ2n) is 5.25. The molecule has 2 aromatic heterocycles. The SMILES string of the molecule is COc1ccc(-c2nc(S[C@H](C)C(=O)NCc3ccco3)n[nH]2)cc1. The molecule has 0 aliphatic carbocycles. The highest BCUT2D eigenvalue weighted by Crippen LogP contribution is 2.24. The Balaban J connectivity index is 1.57. The molecule has 8 heteroatoms. The fraction of sp³-hybridized carbons (Fsp3) is 0.235. The Morgan fingerprint density at radius 3 is 2.84 bits per heavy atom. The predicted octanol–water partition coefficient (Wildman–Crippen LogP) is 2.87. The number of aromatic nitrogens is 3. The molecule has 2 heterocycles. The summed E-state index contributed by atoms with van der Waals surface area (Å²) >= 11 is 1.29. The molecule has 0 aliphatic heterocycles. The highest BCUT2D eigenvalue weighted by molar-refractivity contribution is 8.00. The van der Waals surface area contributed by atoms with Crippen LogP contribution in [0.1, 0.15) is 12.7 Å². The minimum absolute atomic E-state index is 0.0998. The molecule has 0 fully saturated rings. The van der Waals surface area contributed by atoms with Crippen LogP contribution in [-0.2, 0) is 11.3 Å². The van der Waals surface area contributed by atoms with E-state index in [-0.39, 0.29) is 11.2 Å². The van der Waals surface area contributed by atoms with Crippen molar-refractivity contribution < 1.29 is 13.9 Å². The van der Waals surface area contributed by atoms with Crippen molar-refractivity contribution in [2.24, 2.45) is 0 Å². The Morgan fingerprint density at radius 2 is 2.16 bits per heavy atom. The van der Waals surface area contributed by atoms with E-state index in [0.29, 0.717) is 23.3 Å². The van der Waals surface area contributed by atoms with Gasteiger partial charge in [0, 0.05) is 5.56 Å². The van der Waals surface area contributed by atoms with Crippen LogP contribution in [0.25, 0.3) is 11.4 Å². The first-order chi connectivity index (χ1) is 12.2. The van der Waals surface area contributed by atoms with Crippen LogP contribution < -0.4 is 10.1 Å². The molecule has 1 aromatic carbocycles. The standard InChI is InChI=1S/C17H18N4O3S/c1-11(16(22)18-10-14-4-3-9-24-14)25-17-19-15(20-21-17)12-5-7-13(23-2)8-6-12/h3-9,11H,10H2,1-2H3,(H,18,22)(H,19,20,21)/t11-/m1/s1. The Hall–Kier alpha value is -2.74. The van der Waals surface area contributed by atoms with Crippen molar-refractivity contribution in [1.29, 1.82) is 0 Å². The van der Waals surface area contributed by atoms with Gasteiger partial charge in [-0.15, -0.1) is 5.10 Å². The molecular formula is C17H18N4O3S. The summed E-state index contributed by atoms with van der Waals surface area (Å²) in [5.41, 5.74) is 0.898. The number of carbonyl (C=O) groups excluding carboxylic acids is 1. The first kappa shape index (κ1) is 17.1. The third-order valence-electron chi connectivity index (χ3n) is 3.50. The van der Waals surface area contributed by atoms with Crippen molar-refractivity contribution in [2.45, 2.75) is 23.9 Å². The zero-order valence-electron chi connectivity index (χ0n) is 13.9. The average molecular weight is 358 g/mol. The Morgan fingerprint density at radius 1 is 1.36 bits per heavy atom. The van der Waals surface area contributed by atoms with Gasteiger partial charge in [0.1, 0.15) is 11.5 Å². The molecule has 2 N–H and O–H groups in total. The highest BCUT2D eigenvalue weighted by atomic mass is 32.2. The van der Waals surface area contributed by atoms with Gasteiger partial charge in [0.25, 0.3) is 0 Å². The summed E-state index contributed by atoms with van der Waals surface area (Å²) in [6.45, 7) is 2.17. The molecular weight excluding hydrogens is 340 g/mol. The first-order valence-corrected chi connectivity index (χ1v) is 8.57. The molecule has 0 spiro atoms. The minimum Gasteiger partial charge on any atom is -0.497 e. The summed E-state index contributed by atoms with van der Waals surface area (Å²) < 4.78 is 10.3. The van der Waals surface area contributed by atoms with Crippen molar-refractivity contribution in [2.75, 3.05) is 7.11 Å². The molecule has 0 aliphatic rings. The molecule has 7 nitrogen and oxygen atoms in total. The van der Waals surface area contributed by atoms with Gasteiger partial charge in [-0.1, -0.05) is 11.8 Å². The van der Waals surface area contributed by atoms with Gasteiger partial charge in [-0.25, -0.2) is 4.98 Å². The third kappa shape index (κ3) is 4.42. The van der Waals surface area contributed by atoms with E-state index in [2.05, 4.69) is 20.5 Å². The van der Waals surface area contributed by atoms with Crippen LogP contribution in [-0.4, -0.2) is 33.4 Å². The molecule has 0 unspecified atom stereocenters. The molecule has 1 atom stereocenters. The number of methoxy groups -OCH3 is 1. The number of H-pyrrole nitrogens is 1. The Kier molecular flexibility index (Phi) is 5.39. The lowest BCUT2D eigenvalue weighted by Gasteiger charge is -2.08. The topological polar surface area (TPSA) is 93.0 Å². The number of benzene rings is 1. The lowest BCUT2D eigenvalue weighted by Crippen LogP contribution is -2.30. The van der Waals surface area contributed by atoms with Crippen LogP contribution in [0.3, 0.4) is 0 Å². The maximum absolute atomic E-state index is 12.1. The normalized spacial score (nSPS) is 11.9. The lowest BCUT2D eigenvalue weighted by atomic mass is 10.2. The van der Waals surface area contributed by atoms with Gasteiger partial charge in [-0.05, 0) is 43.3 Å². The molecule has 0 saturated heterocycles. The number of hydrogen-bond donors (Lipinski definition) is 2. The number of rotatable bonds is 7. The smallest absolute Gasteiger partial charge is 0.233 e. The van der Waals surface area contributed by atoms with Crippen LogP contribution in [0.2, 0.25) is 0 Å². The molecule has 130 valence electrons. The minimum atomic E-state index is -0.325. The zero-order chi connectivity index (χ0) is 17.6. The van der Waals surface area contributed by atoms with E-state index >= 15 is 0 Å². The lowest BCUT2D eigenvalue weighted by molar-refractivity contribution is -0.120. The van der Waals surface area contributed by atoms with Gasteiger partial charge in [0.05, 0.1) is 25.2 Å². The number of carbonyl (C=O) groups is 1. The average Bonchev–Trinajstić information content (AvgIpc) is 3.31. The maximum atomic E-state index is 12.1. The third-order valence-corrected chi connectivity index (χ3v) is 4.46. The molecule has 1 amide bonds. The summed E-state index contributed by atoms with van der Waals surface area (Å²) in [6.07, 6.45) is 1.58. The number of thioether (sulfide) groups is 1. The van der Waals surface area contributed by atoms with E-state index in [1.165, 1.54) is 11.8 Å². The van der Waals surface area contributed by atoms with E-state index in [0.717, 1.165) is 11.3 Å².